The molecule has 0 unspecified atom stereocenters. The van der Waals surface area contributed by atoms with Crippen LogP contribution in [0.25, 0.3) is 0 Å². The standard InChI is InChI=1S/C27H31N3O5S/c1-21(14-15-22-10-6-4-7-11-22)28-29-27(31)20-30(19-23-12-8-5-9-13-23)36(32,33)24-16-17-25(34-2)26(18-24)35-3/h4-13,16-18H,14-15,19-20H2,1-3H3,(H,29,31)/b28-21+. The van der Waals surface area contributed by atoms with Crippen LogP contribution in [0.4, 0.5) is 0 Å². The van der Waals surface area contributed by atoms with Crippen LogP contribution in [0.5, 0.6) is 11.5 Å². The molecule has 0 fully saturated rings. The smallest absolute Gasteiger partial charge is 0.255 e. The van der Waals surface area contributed by atoms with Gasteiger partial charge in [0.2, 0.25) is 10.0 Å². The third-order valence-electron chi connectivity index (χ3n) is 5.50. The maximum Gasteiger partial charge on any atom is 0.255 e. The van der Waals surface area contributed by atoms with Gasteiger partial charge in [0, 0.05) is 18.3 Å². The summed E-state index contributed by atoms with van der Waals surface area (Å²) in [6, 6.07) is 23.4. The van der Waals surface area contributed by atoms with E-state index in [1.165, 1.54) is 38.0 Å². The summed E-state index contributed by atoms with van der Waals surface area (Å²) in [6.45, 7) is 1.44. The third-order valence-corrected chi connectivity index (χ3v) is 7.29. The maximum atomic E-state index is 13.6. The number of amides is 1. The number of aryl methyl sites for hydroxylation is 1. The molecular formula is C27H31N3O5S. The van der Waals surface area contributed by atoms with E-state index in [1.807, 2.05) is 55.5 Å². The van der Waals surface area contributed by atoms with E-state index in [-0.39, 0.29) is 17.2 Å². The van der Waals surface area contributed by atoms with Crippen LogP contribution < -0.4 is 14.9 Å². The van der Waals surface area contributed by atoms with E-state index >= 15 is 0 Å². The Morgan fingerprint density at radius 3 is 2.11 bits per heavy atom. The van der Waals surface area contributed by atoms with Crippen molar-refractivity contribution in [2.24, 2.45) is 5.10 Å². The summed E-state index contributed by atoms with van der Waals surface area (Å²) in [5.74, 6) is 0.152. The summed E-state index contributed by atoms with van der Waals surface area (Å²) in [5.41, 5.74) is 5.16. The number of rotatable bonds is 12. The predicted molar refractivity (Wildman–Crippen MR) is 140 cm³/mol. The van der Waals surface area contributed by atoms with Crippen LogP contribution in [0.2, 0.25) is 0 Å². The highest BCUT2D eigenvalue weighted by atomic mass is 32.2. The fourth-order valence-electron chi connectivity index (χ4n) is 3.52. The van der Waals surface area contributed by atoms with Gasteiger partial charge in [-0.05, 0) is 43.0 Å². The number of sulfonamides is 1. The summed E-state index contributed by atoms with van der Waals surface area (Å²) >= 11 is 0. The Morgan fingerprint density at radius 2 is 1.50 bits per heavy atom. The van der Waals surface area contributed by atoms with Crippen LogP contribution >= 0.6 is 0 Å². The predicted octanol–water partition coefficient (Wildman–Crippen LogP) is 4.02. The first-order valence-electron chi connectivity index (χ1n) is 11.5. The molecule has 3 aromatic carbocycles. The highest BCUT2D eigenvalue weighted by Crippen LogP contribution is 2.31. The van der Waals surface area contributed by atoms with E-state index in [0.29, 0.717) is 12.2 Å². The Labute approximate surface area is 212 Å². The molecule has 9 heteroatoms. The van der Waals surface area contributed by atoms with Crippen LogP contribution in [-0.2, 0) is 27.8 Å². The zero-order valence-corrected chi connectivity index (χ0v) is 21.5. The minimum Gasteiger partial charge on any atom is -0.493 e. The molecule has 0 aromatic heterocycles. The number of benzene rings is 3. The molecule has 1 N–H and O–H groups in total. The van der Waals surface area contributed by atoms with E-state index < -0.39 is 22.5 Å². The molecule has 8 nitrogen and oxygen atoms in total. The molecule has 0 spiro atoms. The second-order valence-corrected chi connectivity index (χ2v) is 10.1. The quantitative estimate of drug-likeness (QED) is 0.294. The number of hydrogen-bond acceptors (Lipinski definition) is 6. The van der Waals surface area contributed by atoms with Gasteiger partial charge in [0.25, 0.3) is 5.91 Å². The van der Waals surface area contributed by atoms with E-state index in [0.717, 1.165) is 22.0 Å². The minimum atomic E-state index is -4.05. The maximum absolute atomic E-state index is 13.6. The number of hydrazone groups is 1. The summed E-state index contributed by atoms with van der Waals surface area (Å²) < 4.78 is 38.7. The Kier molecular flexibility index (Phi) is 9.61. The van der Waals surface area contributed by atoms with E-state index in [9.17, 15) is 13.2 Å². The Hall–Kier alpha value is -3.69. The lowest BCUT2D eigenvalue weighted by molar-refractivity contribution is -0.121. The molecule has 0 aliphatic heterocycles. The molecule has 1 amide bonds. The molecule has 36 heavy (non-hydrogen) atoms. The highest BCUT2D eigenvalue weighted by molar-refractivity contribution is 7.89. The minimum absolute atomic E-state index is 0.00794. The molecule has 0 aliphatic rings. The van der Waals surface area contributed by atoms with Crippen LogP contribution in [0.15, 0.2) is 88.9 Å². The third kappa shape index (κ3) is 7.40. The van der Waals surface area contributed by atoms with Crippen LogP contribution in [-0.4, -0.2) is 45.1 Å². The van der Waals surface area contributed by atoms with Gasteiger partial charge in [-0.2, -0.15) is 9.41 Å². The number of carbonyl (C=O) groups is 1. The van der Waals surface area contributed by atoms with Crippen molar-refractivity contribution in [1.29, 1.82) is 0 Å². The molecule has 0 bridgehead atoms. The van der Waals surface area contributed by atoms with Crippen LogP contribution in [0.3, 0.4) is 0 Å². The lowest BCUT2D eigenvalue weighted by Crippen LogP contribution is -2.39. The fourth-order valence-corrected chi connectivity index (χ4v) is 4.92. The van der Waals surface area contributed by atoms with Crippen molar-refractivity contribution in [2.45, 2.75) is 31.2 Å². The summed E-state index contributed by atoms with van der Waals surface area (Å²) in [7, 11) is -1.14. The number of hydrogen-bond donors (Lipinski definition) is 1. The van der Waals surface area contributed by atoms with Gasteiger partial charge < -0.3 is 9.47 Å². The van der Waals surface area contributed by atoms with Crippen molar-refractivity contribution in [3.8, 4) is 11.5 Å². The van der Waals surface area contributed by atoms with Crippen LogP contribution in [0, 0.1) is 0 Å². The number of nitrogens with zero attached hydrogens (tertiary/aromatic N) is 2. The van der Waals surface area contributed by atoms with Gasteiger partial charge in [-0.15, -0.1) is 0 Å². The molecule has 0 saturated carbocycles. The lowest BCUT2D eigenvalue weighted by Gasteiger charge is -2.22. The summed E-state index contributed by atoms with van der Waals surface area (Å²) in [4.78, 5) is 12.7. The topological polar surface area (TPSA) is 97.3 Å². The molecule has 0 radical (unpaired) electrons. The number of ether oxygens (including phenoxy) is 2. The molecule has 3 rings (SSSR count). The zero-order valence-electron chi connectivity index (χ0n) is 20.7. The molecule has 0 atom stereocenters. The van der Waals surface area contributed by atoms with Crippen molar-refractivity contribution in [3.63, 3.8) is 0 Å². The van der Waals surface area contributed by atoms with Gasteiger partial charge in [-0.3, -0.25) is 4.79 Å². The molecule has 190 valence electrons. The van der Waals surface area contributed by atoms with E-state index in [4.69, 9.17) is 9.47 Å². The summed E-state index contributed by atoms with van der Waals surface area (Å²) in [5, 5.41) is 4.16. The Balaban J connectivity index is 1.76. The second-order valence-electron chi connectivity index (χ2n) is 8.14. The molecule has 0 aliphatic carbocycles. The van der Waals surface area contributed by atoms with E-state index in [1.54, 1.807) is 12.1 Å². The Morgan fingerprint density at radius 1 is 0.889 bits per heavy atom. The van der Waals surface area contributed by atoms with Crippen LogP contribution in [0.1, 0.15) is 24.5 Å². The zero-order chi connectivity index (χ0) is 26.0. The van der Waals surface area contributed by atoms with Crippen molar-refractivity contribution in [3.05, 3.63) is 90.0 Å². The van der Waals surface area contributed by atoms with Crippen molar-refractivity contribution in [1.82, 2.24) is 9.73 Å². The normalized spacial score (nSPS) is 11.8. The number of nitrogens with one attached hydrogen (secondary N) is 1. The molecule has 0 saturated heterocycles. The fraction of sp³-hybridized carbons (Fsp3) is 0.259. The molecule has 0 heterocycles. The number of methoxy groups -OCH3 is 2. The Bertz CT molecular complexity index is 1280. The van der Waals surface area contributed by atoms with Crippen molar-refractivity contribution >= 4 is 21.6 Å². The molecular weight excluding hydrogens is 478 g/mol. The second kappa shape index (κ2) is 12.9. The first-order valence-corrected chi connectivity index (χ1v) is 12.9. The first kappa shape index (κ1) is 26.9. The van der Waals surface area contributed by atoms with E-state index in [2.05, 4.69) is 10.5 Å². The summed E-state index contributed by atoms with van der Waals surface area (Å²) in [6.07, 6.45) is 1.46. The van der Waals surface area contributed by atoms with Gasteiger partial charge in [0.15, 0.2) is 11.5 Å². The average Bonchev–Trinajstić information content (AvgIpc) is 2.91. The molecule has 3 aromatic rings. The van der Waals surface area contributed by atoms with Gasteiger partial charge in [-0.1, -0.05) is 60.7 Å². The average molecular weight is 510 g/mol. The van der Waals surface area contributed by atoms with Crippen molar-refractivity contribution in [2.75, 3.05) is 20.8 Å². The highest BCUT2D eigenvalue weighted by Gasteiger charge is 2.28. The lowest BCUT2D eigenvalue weighted by atomic mass is 10.1. The van der Waals surface area contributed by atoms with Gasteiger partial charge >= 0.3 is 0 Å². The number of carbonyl (C=O) groups excluding carboxylic acids is 1. The van der Waals surface area contributed by atoms with Crippen molar-refractivity contribution < 1.29 is 22.7 Å². The van der Waals surface area contributed by atoms with Gasteiger partial charge in [0.1, 0.15) is 0 Å². The van der Waals surface area contributed by atoms with Gasteiger partial charge in [-0.25, -0.2) is 13.8 Å². The van der Waals surface area contributed by atoms with Gasteiger partial charge in [0.05, 0.1) is 25.7 Å². The monoisotopic (exact) mass is 509 g/mol. The first-order chi connectivity index (χ1) is 17.3. The largest absolute Gasteiger partial charge is 0.493 e. The SMILES string of the molecule is COc1ccc(S(=O)(=O)N(CC(=O)N/N=C(\C)CCc2ccccc2)Cc2ccccc2)cc1OC.